The molecule has 0 aromatic heterocycles. The van der Waals surface area contributed by atoms with Gasteiger partial charge in [-0.2, -0.15) is 0 Å². The number of hydrogen-bond donors (Lipinski definition) is 2. The predicted octanol–water partition coefficient (Wildman–Crippen LogP) is 6.25. The zero-order valence-corrected chi connectivity index (χ0v) is 16.2. The molecule has 2 N–H and O–H groups in total. The molecule has 0 aliphatic heterocycles. The molecule has 0 radical (unpaired) electrons. The highest BCUT2D eigenvalue weighted by molar-refractivity contribution is 5.84. The van der Waals surface area contributed by atoms with Crippen molar-refractivity contribution < 1.29 is 10.2 Å². The SMILES string of the molecule is Cc1ccc(O)c(-c2c(C)c(C)c(C(C)C)c(C(C)C)c2O)c1C. The Hall–Kier alpha value is -1.96. The van der Waals surface area contributed by atoms with Crippen LogP contribution in [-0.2, 0) is 0 Å². The lowest BCUT2D eigenvalue weighted by Crippen LogP contribution is -2.07. The van der Waals surface area contributed by atoms with Gasteiger partial charge >= 0.3 is 0 Å². The van der Waals surface area contributed by atoms with Crippen LogP contribution in [0.4, 0.5) is 0 Å². The fraction of sp³-hybridized carbons (Fsp3) is 0.455. The molecule has 2 rings (SSSR count). The lowest BCUT2D eigenvalue weighted by molar-refractivity contribution is 0.459. The van der Waals surface area contributed by atoms with Gasteiger partial charge in [0.25, 0.3) is 0 Å². The molecule has 2 aromatic carbocycles. The summed E-state index contributed by atoms with van der Waals surface area (Å²) >= 11 is 0. The maximum Gasteiger partial charge on any atom is 0.127 e. The standard InChI is InChI=1S/C22H30O2/c1-11(2)18-15(7)16(8)21(22(24)19(18)12(3)4)20-14(6)13(5)9-10-17(20)23/h9-12,23-24H,1-8H3. The molecule has 0 aliphatic rings. The maximum absolute atomic E-state index is 11.2. The monoisotopic (exact) mass is 326 g/mol. The van der Waals surface area contributed by atoms with Crippen LogP contribution in [0.3, 0.4) is 0 Å². The Morgan fingerprint density at radius 1 is 0.667 bits per heavy atom. The van der Waals surface area contributed by atoms with Crippen LogP contribution >= 0.6 is 0 Å². The van der Waals surface area contributed by atoms with Gasteiger partial charge in [-0.3, -0.25) is 0 Å². The van der Waals surface area contributed by atoms with Crippen molar-refractivity contribution in [1.82, 2.24) is 0 Å². The third-order valence-corrected chi connectivity index (χ3v) is 5.24. The molecule has 0 unspecified atom stereocenters. The van der Waals surface area contributed by atoms with Crippen molar-refractivity contribution in [3.8, 4) is 22.6 Å². The van der Waals surface area contributed by atoms with E-state index >= 15 is 0 Å². The highest BCUT2D eigenvalue weighted by Crippen LogP contribution is 2.48. The molecule has 0 saturated heterocycles. The summed E-state index contributed by atoms with van der Waals surface area (Å²) in [6, 6.07) is 3.64. The minimum absolute atomic E-state index is 0.215. The summed E-state index contributed by atoms with van der Waals surface area (Å²) < 4.78 is 0. The zero-order chi connectivity index (χ0) is 18.3. The fourth-order valence-electron chi connectivity index (χ4n) is 3.78. The van der Waals surface area contributed by atoms with E-state index in [4.69, 9.17) is 0 Å². The van der Waals surface area contributed by atoms with E-state index in [0.29, 0.717) is 11.7 Å². The van der Waals surface area contributed by atoms with Gasteiger partial charge in [-0.15, -0.1) is 0 Å². The van der Waals surface area contributed by atoms with E-state index < -0.39 is 0 Å². The summed E-state index contributed by atoms with van der Waals surface area (Å²) in [4.78, 5) is 0. The molecule has 0 fully saturated rings. The normalized spacial score (nSPS) is 11.6. The van der Waals surface area contributed by atoms with Crippen LogP contribution in [0.2, 0.25) is 0 Å². The van der Waals surface area contributed by atoms with Crippen LogP contribution in [0.5, 0.6) is 11.5 Å². The van der Waals surface area contributed by atoms with Crippen LogP contribution in [-0.4, -0.2) is 10.2 Å². The highest BCUT2D eigenvalue weighted by Gasteiger charge is 2.26. The van der Waals surface area contributed by atoms with Gasteiger partial charge in [-0.1, -0.05) is 33.8 Å². The van der Waals surface area contributed by atoms with Crippen LogP contribution < -0.4 is 0 Å². The van der Waals surface area contributed by atoms with Gasteiger partial charge < -0.3 is 10.2 Å². The predicted molar refractivity (Wildman–Crippen MR) is 102 cm³/mol. The number of phenols is 2. The molecule has 0 bridgehead atoms. The Kier molecular flexibility index (Phi) is 4.98. The largest absolute Gasteiger partial charge is 0.507 e. The second-order valence-corrected chi connectivity index (χ2v) is 7.51. The average molecular weight is 326 g/mol. The van der Waals surface area contributed by atoms with E-state index in [0.717, 1.165) is 33.4 Å². The number of phenolic OH excluding ortho intramolecular Hbond substituents is 2. The Morgan fingerprint density at radius 3 is 1.71 bits per heavy atom. The van der Waals surface area contributed by atoms with E-state index in [1.54, 1.807) is 6.07 Å². The molecular weight excluding hydrogens is 296 g/mol. The third kappa shape index (κ3) is 2.79. The number of aromatic hydroxyl groups is 2. The Bertz CT molecular complexity index is 784. The number of benzene rings is 2. The second-order valence-electron chi connectivity index (χ2n) is 7.51. The highest BCUT2D eigenvalue weighted by atomic mass is 16.3. The summed E-state index contributed by atoms with van der Waals surface area (Å²) in [6.07, 6.45) is 0. The zero-order valence-electron chi connectivity index (χ0n) is 16.2. The van der Waals surface area contributed by atoms with Crippen LogP contribution in [0.25, 0.3) is 11.1 Å². The Morgan fingerprint density at radius 2 is 1.21 bits per heavy atom. The van der Waals surface area contributed by atoms with Crippen molar-refractivity contribution >= 4 is 0 Å². The molecule has 0 saturated carbocycles. The van der Waals surface area contributed by atoms with Crippen molar-refractivity contribution in [2.75, 3.05) is 0 Å². The Labute approximate surface area is 146 Å². The molecule has 0 aliphatic carbocycles. The third-order valence-electron chi connectivity index (χ3n) is 5.24. The molecule has 2 aromatic rings. The Balaban J connectivity index is 3.00. The first kappa shape index (κ1) is 18.4. The summed E-state index contributed by atoms with van der Waals surface area (Å²) in [5.41, 5.74) is 8.14. The molecule has 0 atom stereocenters. The van der Waals surface area contributed by atoms with Crippen LogP contribution in [0, 0.1) is 27.7 Å². The van der Waals surface area contributed by atoms with Gasteiger partial charge in [0.2, 0.25) is 0 Å². The molecule has 2 nitrogen and oxygen atoms in total. The first-order valence-corrected chi connectivity index (χ1v) is 8.74. The van der Waals surface area contributed by atoms with Crippen LogP contribution in [0.1, 0.15) is 72.9 Å². The lowest BCUT2D eigenvalue weighted by Gasteiger charge is -2.26. The first-order valence-electron chi connectivity index (χ1n) is 8.74. The van der Waals surface area contributed by atoms with Crippen molar-refractivity contribution in [2.45, 2.75) is 67.2 Å². The first-order chi connectivity index (χ1) is 11.1. The average Bonchev–Trinajstić information content (AvgIpc) is 2.49. The van der Waals surface area contributed by atoms with Gasteiger partial charge in [0.15, 0.2) is 0 Å². The molecule has 24 heavy (non-hydrogen) atoms. The minimum Gasteiger partial charge on any atom is -0.507 e. The maximum atomic E-state index is 11.2. The fourth-order valence-corrected chi connectivity index (χ4v) is 3.78. The van der Waals surface area contributed by atoms with E-state index in [9.17, 15) is 10.2 Å². The van der Waals surface area contributed by atoms with Gasteiger partial charge in [-0.25, -0.2) is 0 Å². The number of rotatable bonds is 3. The number of aryl methyl sites for hydroxylation is 1. The summed E-state index contributed by atoms with van der Waals surface area (Å²) in [7, 11) is 0. The van der Waals surface area contributed by atoms with Gasteiger partial charge in [0, 0.05) is 16.7 Å². The molecule has 2 heteroatoms. The summed E-state index contributed by atoms with van der Waals surface area (Å²) in [5, 5.41) is 21.7. The topological polar surface area (TPSA) is 40.5 Å². The molecule has 0 spiro atoms. The van der Waals surface area contributed by atoms with Gasteiger partial charge in [-0.05, 0) is 73.4 Å². The van der Waals surface area contributed by atoms with Crippen molar-refractivity contribution in [3.05, 3.63) is 45.5 Å². The quantitative estimate of drug-likeness (QED) is 0.700. The van der Waals surface area contributed by atoms with E-state index in [2.05, 4.69) is 34.6 Å². The van der Waals surface area contributed by atoms with E-state index in [1.807, 2.05) is 26.8 Å². The smallest absolute Gasteiger partial charge is 0.127 e. The van der Waals surface area contributed by atoms with E-state index in [-0.39, 0.29) is 11.7 Å². The van der Waals surface area contributed by atoms with Gasteiger partial charge in [0.05, 0.1) is 0 Å². The molecule has 0 amide bonds. The second kappa shape index (κ2) is 6.51. The lowest BCUT2D eigenvalue weighted by atomic mass is 9.79. The van der Waals surface area contributed by atoms with E-state index in [1.165, 1.54) is 11.1 Å². The summed E-state index contributed by atoms with van der Waals surface area (Å²) in [5.74, 6) is 1.10. The number of hydrogen-bond acceptors (Lipinski definition) is 2. The van der Waals surface area contributed by atoms with Crippen molar-refractivity contribution in [2.24, 2.45) is 0 Å². The van der Waals surface area contributed by atoms with Crippen molar-refractivity contribution in [3.63, 3.8) is 0 Å². The van der Waals surface area contributed by atoms with Gasteiger partial charge in [0.1, 0.15) is 11.5 Å². The van der Waals surface area contributed by atoms with Crippen LogP contribution in [0.15, 0.2) is 12.1 Å². The molecule has 0 heterocycles. The summed E-state index contributed by atoms with van der Waals surface area (Å²) in [6.45, 7) is 16.8. The van der Waals surface area contributed by atoms with Crippen molar-refractivity contribution in [1.29, 1.82) is 0 Å². The minimum atomic E-state index is 0.215. The molecular formula is C22H30O2. The molecule has 130 valence electrons.